The minimum absolute atomic E-state index is 0.339. The summed E-state index contributed by atoms with van der Waals surface area (Å²) in [5, 5.41) is 3.34. The summed E-state index contributed by atoms with van der Waals surface area (Å²) in [5.74, 6) is 0. The molecule has 1 heterocycles. The van der Waals surface area contributed by atoms with Gasteiger partial charge in [0.25, 0.3) is 0 Å². The summed E-state index contributed by atoms with van der Waals surface area (Å²) in [6.07, 6.45) is 5.54. The number of hydrogen-bond acceptors (Lipinski definition) is 4. The first-order valence-electron chi connectivity index (χ1n) is 6.22. The molecule has 1 atom stereocenters. The van der Waals surface area contributed by atoms with E-state index in [9.17, 15) is 0 Å². The summed E-state index contributed by atoms with van der Waals surface area (Å²) in [4.78, 5) is 8.62. The molecule has 0 aliphatic carbocycles. The van der Waals surface area contributed by atoms with Gasteiger partial charge in [-0.1, -0.05) is 6.07 Å². The molecular formula is C14H19N3O. The molecule has 0 saturated carbocycles. The van der Waals surface area contributed by atoms with Crippen LogP contribution >= 0.6 is 0 Å². The number of ether oxygens (including phenoxy) is 1. The number of rotatable bonds is 6. The smallest absolute Gasteiger partial charge is 0.0890 e. The highest BCUT2D eigenvalue weighted by Gasteiger charge is 2.09. The van der Waals surface area contributed by atoms with E-state index in [0.717, 1.165) is 30.5 Å². The summed E-state index contributed by atoms with van der Waals surface area (Å²) in [6, 6.07) is 6.59. The number of hydrogen-bond donors (Lipinski definition) is 1. The van der Waals surface area contributed by atoms with Gasteiger partial charge >= 0.3 is 0 Å². The molecule has 0 aliphatic rings. The maximum Gasteiger partial charge on any atom is 0.0890 e. The molecule has 4 nitrogen and oxygen atoms in total. The maximum atomic E-state index is 5.09. The van der Waals surface area contributed by atoms with Crippen molar-refractivity contribution in [3.05, 3.63) is 36.2 Å². The van der Waals surface area contributed by atoms with Crippen molar-refractivity contribution < 1.29 is 4.74 Å². The maximum absolute atomic E-state index is 5.09. The van der Waals surface area contributed by atoms with E-state index in [-0.39, 0.29) is 0 Å². The van der Waals surface area contributed by atoms with Gasteiger partial charge in [0.15, 0.2) is 0 Å². The van der Waals surface area contributed by atoms with Gasteiger partial charge < -0.3 is 10.1 Å². The fourth-order valence-corrected chi connectivity index (χ4v) is 2.11. The Hall–Kier alpha value is -1.52. The number of benzene rings is 1. The van der Waals surface area contributed by atoms with E-state index in [1.165, 1.54) is 5.56 Å². The first-order chi connectivity index (χ1) is 8.85. The molecule has 2 aromatic rings. The van der Waals surface area contributed by atoms with Crippen LogP contribution in [0.15, 0.2) is 30.6 Å². The van der Waals surface area contributed by atoms with E-state index >= 15 is 0 Å². The van der Waals surface area contributed by atoms with Gasteiger partial charge in [-0.25, -0.2) is 0 Å². The second-order valence-corrected chi connectivity index (χ2v) is 4.28. The van der Waals surface area contributed by atoms with Gasteiger partial charge in [-0.05, 0) is 37.6 Å². The molecule has 1 aromatic carbocycles. The molecule has 0 bridgehead atoms. The van der Waals surface area contributed by atoms with Gasteiger partial charge in [0, 0.05) is 32.2 Å². The molecule has 18 heavy (non-hydrogen) atoms. The summed E-state index contributed by atoms with van der Waals surface area (Å²) < 4.78 is 5.09. The van der Waals surface area contributed by atoms with E-state index in [4.69, 9.17) is 4.74 Å². The third-order valence-electron chi connectivity index (χ3n) is 3.09. The van der Waals surface area contributed by atoms with Gasteiger partial charge in [0.1, 0.15) is 0 Å². The van der Waals surface area contributed by atoms with Crippen LogP contribution in [0.25, 0.3) is 11.0 Å². The van der Waals surface area contributed by atoms with Crippen molar-refractivity contribution in [2.24, 2.45) is 0 Å². The molecule has 2 rings (SSSR count). The van der Waals surface area contributed by atoms with Gasteiger partial charge in [0.05, 0.1) is 11.0 Å². The first-order valence-corrected chi connectivity index (χ1v) is 6.22. The molecule has 1 N–H and O–H groups in total. The molecule has 0 amide bonds. The zero-order valence-corrected chi connectivity index (χ0v) is 10.9. The van der Waals surface area contributed by atoms with E-state index in [0.29, 0.717) is 6.04 Å². The number of aromatic nitrogens is 2. The Morgan fingerprint density at radius 1 is 1.22 bits per heavy atom. The molecule has 0 aliphatic heterocycles. The normalized spacial score (nSPS) is 12.8. The molecule has 0 fully saturated rings. The van der Waals surface area contributed by atoms with Crippen LogP contribution in [0.2, 0.25) is 0 Å². The predicted octanol–water partition coefficient (Wildman–Crippen LogP) is 2.32. The summed E-state index contributed by atoms with van der Waals surface area (Å²) >= 11 is 0. The SMILES string of the molecule is CNC(CCCOC)c1ccc2nccnc2c1. The molecule has 4 heteroatoms. The van der Waals surface area contributed by atoms with Crippen LogP contribution < -0.4 is 5.32 Å². The second-order valence-electron chi connectivity index (χ2n) is 4.28. The second kappa shape index (κ2) is 6.42. The Balaban J connectivity index is 2.17. The minimum atomic E-state index is 0.339. The Labute approximate surface area is 107 Å². The third-order valence-corrected chi connectivity index (χ3v) is 3.09. The topological polar surface area (TPSA) is 47.0 Å². The standard InChI is InChI=1S/C14H19N3O/c1-15-12(4-3-9-18-2)11-5-6-13-14(10-11)17-8-7-16-13/h5-8,10,12,15H,3-4,9H2,1-2H3. The van der Waals surface area contributed by atoms with E-state index in [1.807, 2.05) is 13.1 Å². The van der Waals surface area contributed by atoms with Crippen molar-refractivity contribution in [2.75, 3.05) is 20.8 Å². The van der Waals surface area contributed by atoms with Crippen LogP contribution in [0.5, 0.6) is 0 Å². The Morgan fingerprint density at radius 2 is 2.00 bits per heavy atom. The van der Waals surface area contributed by atoms with Crippen LogP contribution in [-0.2, 0) is 4.74 Å². The molecule has 0 spiro atoms. The van der Waals surface area contributed by atoms with Crippen molar-refractivity contribution in [3.63, 3.8) is 0 Å². The average molecular weight is 245 g/mol. The van der Waals surface area contributed by atoms with Crippen LogP contribution in [0.3, 0.4) is 0 Å². The van der Waals surface area contributed by atoms with E-state index < -0.39 is 0 Å². The van der Waals surface area contributed by atoms with Crippen LogP contribution in [0, 0.1) is 0 Å². The molecule has 0 saturated heterocycles. The van der Waals surface area contributed by atoms with Crippen molar-refractivity contribution in [3.8, 4) is 0 Å². The quantitative estimate of drug-likeness (QED) is 0.793. The number of nitrogens with one attached hydrogen (secondary N) is 1. The van der Waals surface area contributed by atoms with Crippen molar-refractivity contribution >= 4 is 11.0 Å². The Kier molecular flexibility index (Phi) is 4.61. The van der Waals surface area contributed by atoms with Gasteiger partial charge in [0.2, 0.25) is 0 Å². The van der Waals surface area contributed by atoms with Gasteiger partial charge in [-0.2, -0.15) is 0 Å². The summed E-state index contributed by atoms with van der Waals surface area (Å²) in [5.41, 5.74) is 3.14. The lowest BCUT2D eigenvalue weighted by atomic mass is 10.0. The lowest BCUT2D eigenvalue weighted by Gasteiger charge is -2.16. The van der Waals surface area contributed by atoms with Crippen LogP contribution in [0.4, 0.5) is 0 Å². The van der Waals surface area contributed by atoms with Crippen LogP contribution in [0.1, 0.15) is 24.4 Å². The first kappa shape index (κ1) is 12.9. The zero-order valence-electron chi connectivity index (χ0n) is 10.9. The lowest BCUT2D eigenvalue weighted by Crippen LogP contribution is -2.16. The highest BCUT2D eigenvalue weighted by Crippen LogP contribution is 2.21. The highest BCUT2D eigenvalue weighted by molar-refractivity contribution is 5.74. The summed E-state index contributed by atoms with van der Waals surface area (Å²) in [6.45, 7) is 0.797. The average Bonchev–Trinajstić information content (AvgIpc) is 2.43. The van der Waals surface area contributed by atoms with Crippen molar-refractivity contribution in [2.45, 2.75) is 18.9 Å². The third kappa shape index (κ3) is 3.03. The Bertz CT molecular complexity index is 501. The number of nitrogens with zero attached hydrogens (tertiary/aromatic N) is 2. The van der Waals surface area contributed by atoms with E-state index in [2.05, 4.69) is 27.4 Å². The number of methoxy groups -OCH3 is 1. The van der Waals surface area contributed by atoms with Crippen LogP contribution in [-0.4, -0.2) is 30.7 Å². The molecular weight excluding hydrogens is 226 g/mol. The fraction of sp³-hybridized carbons (Fsp3) is 0.429. The van der Waals surface area contributed by atoms with Gasteiger partial charge in [-0.3, -0.25) is 9.97 Å². The van der Waals surface area contributed by atoms with Crippen molar-refractivity contribution in [1.82, 2.24) is 15.3 Å². The Morgan fingerprint density at radius 3 is 2.72 bits per heavy atom. The monoisotopic (exact) mass is 245 g/mol. The minimum Gasteiger partial charge on any atom is -0.385 e. The lowest BCUT2D eigenvalue weighted by molar-refractivity contribution is 0.189. The highest BCUT2D eigenvalue weighted by atomic mass is 16.5. The molecule has 96 valence electrons. The van der Waals surface area contributed by atoms with Crippen molar-refractivity contribution in [1.29, 1.82) is 0 Å². The largest absolute Gasteiger partial charge is 0.385 e. The zero-order chi connectivity index (χ0) is 12.8. The fourth-order valence-electron chi connectivity index (χ4n) is 2.11. The molecule has 1 unspecified atom stereocenters. The van der Waals surface area contributed by atoms with Gasteiger partial charge in [-0.15, -0.1) is 0 Å². The molecule has 0 radical (unpaired) electrons. The molecule has 1 aromatic heterocycles. The van der Waals surface area contributed by atoms with E-state index in [1.54, 1.807) is 19.5 Å². The summed E-state index contributed by atoms with van der Waals surface area (Å²) in [7, 11) is 3.72. The predicted molar refractivity (Wildman–Crippen MR) is 72.4 cm³/mol. The number of fused-ring (bicyclic) bond motifs is 1.